The molecule has 0 aliphatic heterocycles. The van der Waals surface area contributed by atoms with Crippen LogP contribution in [-0.4, -0.2) is 13.8 Å². The lowest BCUT2D eigenvalue weighted by Gasteiger charge is -2.11. The SMILES string of the molecule is C=NNC(=C(C)C)/C(=C\C)OC. The van der Waals surface area contributed by atoms with Crippen molar-refractivity contribution in [3.63, 3.8) is 0 Å². The molecular weight excluding hydrogens is 152 g/mol. The molecule has 0 rings (SSSR count). The summed E-state index contributed by atoms with van der Waals surface area (Å²) in [5.41, 5.74) is 4.76. The van der Waals surface area contributed by atoms with Gasteiger partial charge >= 0.3 is 0 Å². The summed E-state index contributed by atoms with van der Waals surface area (Å²) in [4.78, 5) is 0. The summed E-state index contributed by atoms with van der Waals surface area (Å²) in [5.74, 6) is 0.780. The Morgan fingerprint density at radius 2 is 2.08 bits per heavy atom. The third-order valence-electron chi connectivity index (χ3n) is 1.42. The summed E-state index contributed by atoms with van der Waals surface area (Å²) < 4.78 is 5.13. The predicted octanol–water partition coefficient (Wildman–Crippen LogP) is 2.04. The van der Waals surface area contributed by atoms with Gasteiger partial charge in [0.1, 0.15) is 5.76 Å². The molecule has 0 aromatic rings. The minimum absolute atomic E-state index is 0.780. The van der Waals surface area contributed by atoms with E-state index in [1.165, 1.54) is 0 Å². The minimum Gasteiger partial charge on any atom is -0.495 e. The van der Waals surface area contributed by atoms with E-state index in [1.54, 1.807) is 7.11 Å². The quantitative estimate of drug-likeness (QED) is 0.301. The molecule has 0 atom stereocenters. The van der Waals surface area contributed by atoms with Crippen molar-refractivity contribution in [3.05, 3.63) is 23.1 Å². The molecule has 0 aromatic heterocycles. The van der Waals surface area contributed by atoms with E-state index in [2.05, 4.69) is 17.2 Å². The van der Waals surface area contributed by atoms with E-state index in [9.17, 15) is 0 Å². The Morgan fingerprint density at radius 1 is 1.50 bits per heavy atom. The number of rotatable bonds is 4. The van der Waals surface area contributed by atoms with Crippen LogP contribution in [0.1, 0.15) is 20.8 Å². The number of methoxy groups -OCH3 is 1. The van der Waals surface area contributed by atoms with Gasteiger partial charge in [0.15, 0.2) is 0 Å². The van der Waals surface area contributed by atoms with Crippen LogP contribution in [0, 0.1) is 0 Å². The maximum Gasteiger partial charge on any atom is 0.139 e. The van der Waals surface area contributed by atoms with E-state index in [-0.39, 0.29) is 0 Å². The summed E-state index contributed by atoms with van der Waals surface area (Å²) in [6.45, 7) is 9.23. The third-order valence-corrected chi connectivity index (χ3v) is 1.42. The lowest BCUT2D eigenvalue weighted by molar-refractivity contribution is 0.294. The molecule has 0 aromatic carbocycles. The van der Waals surface area contributed by atoms with Crippen LogP contribution >= 0.6 is 0 Å². The number of allylic oxidation sites excluding steroid dienone is 2. The molecule has 0 unspecified atom stereocenters. The molecule has 0 aliphatic carbocycles. The van der Waals surface area contributed by atoms with E-state index < -0.39 is 0 Å². The van der Waals surface area contributed by atoms with Gasteiger partial charge in [0, 0.05) is 6.72 Å². The van der Waals surface area contributed by atoms with Gasteiger partial charge in [-0.25, -0.2) is 0 Å². The maximum absolute atomic E-state index is 5.13. The molecule has 68 valence electrons. The summed E-state index contributed by atoms with van der Waals surface area (Å²) in [7, 11) is 1.63. The summed E-state index contributed by atoms with van der Waals surface area (Å²) >= 11 is 0. The van der Waals surface area contributed by atoms with Crippen LogP contribution < -0.4 is 5.43 Å². The molecule has 0 aliphatic rings. The molecule has 0 heterocycles. The Balaban J connectivity index is 4.74. The van der Waals surface area contributed by atoms with Crippen LogP contribution in [0.15, 0.2) is 28.2 Å². The van der Waals surface area contributed by atoms with Crippen molar-refractivity contribution in [1.82, 2.24) is 5.43 Å². The first-order valence-electron chi connectivity index (χ1n) is 3.77. The molecule has 1 N–H and O–H groups in total. The Labute approximate surface area is 73.8 Å². The molecule has 0 fully saturated rings. The van der Waals surface area contributed by atoms with Crippen molar-refractivity contribution >= 4 is 6.72 Å². The van der Waals surface area contributed by atoms with Gasteiger partial charge in [-0.1, -0.05) is 0 Å². The maximum atomic E-state index is 5.13. The minimum atomic E-state index is 0.780. The van der Waals surface area contributed by atoms with Crippen LogP contribution in [0.3, 0.4) is 0 Å². The van der Waals surface area contributed by atoms with E-state index in [0.717, 1.165) is 17.0 Å². The second-order valence-electron chi connectivity index (χ2n) is 2.50. The zero-order chi connectivity index (χ0) is 9.56. The fraction of sp³-hybridized carbons (Fsp3) is 0.444. The van der Waals surface area contributed by atoms with Crippen molar-refractivity contribution in [2.75, 3.05) is 7.11 Å². The predicted molar refractivity (Wildman–Crippen MR) is 51.8 cm³/mol. The number of hydrogen-bond donors (Lipinski definition) is 1. The molecule has 0 saturated carbocycles. The molecule has 0 amide bonds. The van der Waals surface area contributed by atoms with Crippen LogP contribution in [0.4, 0.5) is 0 Å². The third kappa shape index (κ3) is 2.78. The molecule has 0 spiro atoms. The van der Waals surface area contributed by atoms with E-state index >= 15 is 0 Å². The number of hydrogen-bond acceptors (Lipinski definition) is 3. The van der Waals surface area contributed by atoms with Crippen LogP contribution in [-0.2, 0) is 4.74 Å². The number of nitrogens with one attached hydrogen (secondary N) is 1. The van der Waals surface area contributed by atoms with Crippen molar-refractivity contribution in [1.29, 1.82) is 0 Å². The van der Waals surface area contributed by atoms with Crippen LogP contribution in [0.2, 0.25) is 0 Å². The smallest absolute Gasteiger partial charge is 0.139 e. The van der Waals surface area contributed by atoms with Crippen molar-refractivity contribution in [3.8, 4) is 0 Å². The van der Waals surface area contributed by atoms with E-state index in [4.69, 9.17) is 4.74 Å². The molecule has 3 heteroatoms. The van der Waals surface area contributed by atoms with Gasteiger partial charge in [-0.3, -0.25) is 5.43 Å². The lowest BCUT2D eigenvalue weighted by Crippen LogP contribution is -2.10. The summed E-state index contributed by atoms with van der Waals surface area (Å²) in [6, 6.07) is 0. The van der Waals surface area contributed by atoms with Gasteiger partial charge in [-0.05, 0) is 32.4 Å². The molecule has 0 radical (unpaired) electrons. The molecular formula is C9H16N2O. The Hall–Kier alpha value is -1.25. The fourth-order valence-corrected chi connectivity index (χ4v) is 0.857. The van der Waals surface area contributed by atoms with Crippen LogP contribution in [0.5, 0.6) is 0 Å². The first-order valence-corrected chi connectivity index (χ1v) is 3.77. The fourth-order valence-electron chi connectivity index (χ4n) is 0.857. The Kier molecular flexibility index (Phi) is 4.84. The van der Waals surface area contributed by atoms with Crippen molar-refractivity contribution in [2.45, 2.75) is 20.8 Å². The van der Waals surface area contributed by atoms with E-state index in [0.29, 0.717) is 0 Å². The lowest BCUT2D eigenvalue weighted by atomic mass is 10.2. The summed E-state index contributed by atoms with van der Waals surface area (Å²) in [5, 5.41) is 3.60. The average molecular weight is 168 g/mol. The van der Waals surface area contributed by atoms with Crippen molar-refractivity contribution in [2.24, 2.45) is 5.10 Å². The first-order chi connectivity index (χ1) is 5.67. The Bertz CT molecular complexity index is 213. The van der Waals surface area contributed by atoms with Crippen molar-refractivity contribution < 1.29 is 4.74 Å². The monoisotopic (exact) mass is 168 g/mol. The molecule has 0 bridgehead atoms. The topological polar surface area (TPSA) is 33.6 Å². The van der Waals surface area contributed by atoms with E-state index in [1.807, 2.05) is 26.8 Å². The van der Waals surface area contributed by atoms with Crippen LogP contribution in [0.25, 0.3) is 0 Å². The first kappa shape index (κ1) is 10.8. The highest BCUT2D eigenvalue weighted by Crippen LogP contribution is 2.11. The molecule has 0 saturated heterocycles. The second kappa shape index (κ2) is 5.41. The highest BCUT2D eigenvalue weighted by Gasteiger charge is 2.04. The second-order valence-corrected chi connectivity index (χ2v) is 2.50. The highest BCUT2D eigenvalue weighted by atomic mass is 16.5. The van der Waals surface area contributed by atoms with Gasteiger partial charge in [-0.15, -0.1) is 0 Å². The average Bonchev–Trinajstić information content (AvgIpc) is 2.05. The number of hydrazone groups is 1. The standard InChI is InChI=1S/C9H16N2O/c1-6-8(12-5)9(7(2)3)11-10-4/h6,11H,4H2,1-3,5H3/b8-6+. The molecule has 12 heavy (non-hydrogen) atoms. The number of ether oxygens (including phenoxy) is 1. The van der Waals surface area contributed by atoms with Gasteiger partial charge in [0.05, 0.1) is 12.8 Å². The molecule has 3 nitrogen and oxygen atoms in total. The summed E-state index contributed by atoms with van der Waals surface area (Å²) in [6.07, 6.45) is 1.88. The van der Waals surface area contributed by atoms with Gasteiger partial charge in [0.2, 0.25) is 0 Å². The van der Waals surface area contributed by atoms with Gasteiger partial charge in [-0.2, -0.15) is 5.10 Å². The zero-order valence-corrected chi connectivity index (χ0v) is 8.14. The Morgan fingerprint density at radius 3 is 2.33 bits per heavy atom. The number of nitrogens with zero attached hydrogens (tertiary/aromatic N) is 1. The zero-order valence-electron chi connectivity index (χ0n) is 8.14. The largest absolute Gasteiger partial charge is 0.495 e. The van der Waals surface area contributed by atoms with Gasteiger partial charge in [0.25, 0.3) is 0 Å². The normalized spacial score (nSPS) is 10.5. The van der Waals surface area contributed by atoms with Gasteiger partial charge < -0.3 is 4.74 Å². The highest BCUT2D eigenvalue weighted by molar-refractivity contribution is 5.30.